The average Bonchev–Trinajstić information content (AvgIpc) is 2.52. The summed E-state index contributed by atoms with van der Waals surface area (Å²) in [6, 6.07) is 0.898. The molecule has 0 unspecified atom stereocenters. The maximum atomic E-state index is 12.7. The molecule has 1 aromatic rings. The van der Waals surface area contributed by atoms with E-state index in [1.54, 1.807) is 0 Å². The van der Waals surface area contributed by atoms with Crippen LogP contribution in [0.2, 0.25) is 5.02 Å². The van der Waals surface area contributed by atoms with E-state index < -0.39 is 11.7 Å². The Hall–Kier alpha value is -1.54. The molecule has 2 aliphatic heterocycles. The number of hydrogen-bond donors (Lipinski definition) is 2. The number of piperidine rings is 1. The van der Waals surface area contributed by atoms with Crippen molar-refractivity contribution in [2.24, 2.45) is 11.8 Å². The fourth-order valence-corrected chi connectivity index (χ4v) is 3.34. The number of aromatic nitrogens is 1. The van der Waals surface area contributed by atoms with Crippen LogP contribution in [-0.4, -0.2) is 43.6 Å². The Morgan fingerprint density at radius 1 is 1.36 bits per heavy atom. The first kappa shape index (κ1) is 18.3. The summed E-state index contributed by atoms with van der Waals surface area (Å²) in [6.45, 7) is 3.66. The molecule has 0 radical (unpaired) electrons. The molecule has 138 valence electrons. The minimum absolute atomic E-state index is 0.0183. The molecular weight excluding hydrogens is 357 g/mol. The number of carbonyl (C=O) groups excluding carboxylic acids is 1. The van der Waals surface area contributed by atoms with Gasteiger partial charge in [-0.15, -0.1) is 0 Å². The maximum Gasteiger partial charge on any atom is 0.417 e. The van der Waals surface area contributed by atoms with Crippen molar-refractivity contribution in [3.63, 3.8) is 0 Å². The summed E-state index contributed by atoms with van der Waals surface area (Å²) >= 11 is 5.99. The minimum atomic E-state index is -4.46. The second-order valence-electron chi connectivity index (χ2n) is 6.56. The molecule has 5 nitrogen and oxygen atoms in total. The van der Waals surface area contributed by atoms with E-state index in [0.29, 0.717) is 44.2 Å². The van der Waals surface area contributed by atoms with Crippen molar-refractivity contribution in [2.45, 2.75) is 19.0 Å². The highest BCUT2D eigenvalue weighted by atomic mass is 35.5. The Labute approximate surface area is 148 Å². The van der Waals surface area contributed by atoms with Gasteiger partial charge in [-0.25, -0.2) is 4.98 Å². The number of nitrogens with zero attached hydrogens (tertiary/aromatic N) is 2. The molecule has 1 aromatic heterocycles. The third-order valence-electron chi connectivity index (χ3n) is 4.75. The normalized spacial score (nSPS) is 19.6. The molecule has 2 N–H and O–H groups in total. The Balaban J connectivity index is 1.54. The quantitative estimate of drug-likeness (QED) is 0.846. The van der Waals surface area contributed by atoms with Crippen LogP contribution in [0, 0.1) is 11.8 Å². The number of hydrogen-bond acceptors (Lipinski definition) is 4. The van der Waals surface area contributed by atoms with E-state index in [9.17, 15) is 18.0 Å². The monoisotopic (exact) mass is 376 g/mol. The Morgan fingerprint density at radius 3 is 2.56 bits per heavy atom. The number of carbonyl (C=O) groups is 1. The maximum absolute atomic E-state index is 12.7. The molecule has 25 heavy (non-hydrogen) atoms. The van der Waals surface area contributed by atoms with Gasteiger partial charge in [-0.2, -0.15) is 13.2 Å². The van der Waals surface area contributed by atoms with Crippen LogP contribution < -0.4 is 15.5 Å². The van der Waals surface area contributed by atoms with Gasteiger partial charge in [-0.1, -0.05) is 11.6 Å². The lowest BCUT2D eigenvalue weighted by Gasteiger charge is -2.33. The lowest BCUT2D eigenvalue weighted by atomic mass is 9.95. The molecule has 0 spiro atoms. The number of nitrogens with one attached hydrogen (secondary N) is 2. The van der Waals surface area contributed by atoms with Crippen LogP contribution in [0.1, 0.15) is 18.4 Å². The van der Waals surface area contributed by atoms with Crippen molar-refractivity contribution >= 4 is 23.3 Å². The molecule has 1 amide bonds. The van der Waals surface area contributed by atoms with Gasteiger partial charge in [0.05, 0.1) is 10.6 Å². The zero-order valence-corrected chi connectivity index (χ0v) is 14.3. The fraction of sp³-hybridized carbons (Fsp3) is 0.625. The largest absolute Gasteiger partial charge is 0.417 e. The highest BCUT2D eigenvalue weighted by Crippen LogP contribution is 2.34. The lowest BCUT2D eigenvalue weighted by Crippen LogP contribution is -2.49. The van der Waals surface area contributed by atoms with Crippen LogP contribution in [0.4, 0.5) is 19.0 Å². The summed E-state index contributed by atoms with van der Waals surface area (Å²) in [5.74, 6) is 0.837. The second-order valence-corrected chi connectivity index (χ2v) is 6.97. The van der Waals surface area contributed by atoms with Crippen molar-refractivity contribution < 1.29 is 18.0 Å². The highest BCUT2D eigenvalue weighted by molar-refractivity contribution is 6.33. The molecule has 0 bridgehead atoms. The number of amides is 1. The van der Waals surface area contributed by atoms with E-state index >= 15 is 0 Å². The zero-order valence-electron chi connectivity index (χ0n) is 13.6. The van der Waals surface area contributed by atoms with Crippen molar-refractivity contribution in [3.8, 4) is 0 Å². The number of anilines is 1. The number of rotatable bonds is 4. The van der Waals surface area contributed by atoms with Crippen LogP contribution in [-0.2, 0) is 11.0 Å². The summed E-state index contributed by atoms with van der Waals surface area (Å²) in [6.07, 6.45) is -2.40. The van der Waals surface area contributed by atoms with E-state index in [4.69, 9.17) is 11.6 Å². The van der Waals surface area contributed by atoms with E-state index in [1.165, 1.54) is 0 Å². The molecule has 0 saturated carbocycles. The van der Waals surface area contributed by atoms with E-state index in [1.807, 2.05) is 4.90 Å². The summed E-state index contributed by atoms with van der Waals surface area (Å²) < 4.78 is 38.0. The molecule has 2 saturated heterocycles. The molecule has 0 atom stereocenters. The van der Waals surface area contributed by atoms with Crippen molar-refractivity contribution in [2.75, 3.05) is 37.6 Å². The predicted octanol–water partition coefficient (Wildman–Crippen LogP) is 2.31. The zero-order chi connectivity index (χ0) is 18.0. The average molecular weight is 377 g/mol. The van der Waals surface area contributed by atoms with Crippen LogP contribution >= 0.6 is 11.6 Å². The summed E-state index contributed by atoms with van der Waals surface area (Å²) in [5, 5.41) is 6.12. The summed E-state index contributed by atoms with van der Waals surface area (Å²) in [7, 11) is 0. The van der Waals surface area contributed by atoms with Crippen LogP contribution in [0.15, 0.2) is 12.3 Å². The van der Waals surface area contributed by atoms with Crippen molar-refractivity contribution in [1.29, 1.82) is 0 Å². The van der Waals surface area contributed by atoms with Gasteiger partial charge < -0.3 is 15.5 Å². The number of halogens is 4. The fourth-order valence-electron chi connectivity index (χ4n) is 3.05. The van der Waals surface area contributed by atoms with Crippen LogP contribution in [0.3, 0.4) is 0 Å². The van der Waals surface area contributed by atoms with E-state index in [-0.39, 0.29) is 16.8 Å². The van der Waals surface area contributed by atoms with Gasteiger partial charge in [0.1, 0.15) is 5.82 Å². The second kappa shape index (κ2) is 7.37. The molecule has 3 rings (SSSR count). The molecule has 3 heterocycles. The van der Waals surface area contributed by atoms with Gasteiger partial charge in [-0.05, 0) is 18.9 Å². The first-order chi connectivity index (χ1) is 11.8. The van der Waals surface area contributed by atoms with Gasteiger partial charge in [0.2, 0.25) is 5.91 Å². The van der Waals surface area contributed by atoms with Gasteiger partial charge in [-0.3, -0.25) is 4.79 Å². The van der Waals surface area contributed by atoms with Gasteiger partial charge >= 0.3 is 6.18 Å². The van der Waals surface area contributed by atoms with Crippen LogP contribution in [0.25, 0.3) is 0 Å². The first-order valence-corrected chi connectivity index (χ1v) is 8.68. The molecule has 0 aromatic carbocycles. The van der Waals surface area contributed by atoms with Gasteiger partial charge in [0.25, 0.3) is 0 Å². The molecule has 9 heteroatoms. The molecule has 2 aliphatic rings. The third kappa shape index (κ3) is 4.36. The highest BCUT2D eigenvalue weighted by Gasteiger charge is 2.33. The number of pyridine rings is 1. The predicted molar refractivity (Wildman–Crippen MR) is 88.6 cm³/mol. The SMILES string of the molecule is O=C(NCC1CNC1)C1CCN(c2ncc(C(F)(F)F)cc2Cl)CC1. The smallest absolute Gasteiger partial charge is 0.355 e. The topological polar surface area (TPSA) is 57.3 Å². The Bertz CT molecular complexity index is 628. The van der Waals surface area contributed by atoms with Gasteiger partial charge in [0, 0.05) is 50.8 Å². The summed E-state index contributed by atoms with van der Waals surface area (Å²) in [4.78, 5) is 17.9. The standard InChI is InChI=1S/C16H20ClF3N4O/c17-13-5-12(16(18,19)20)9-22-14(13)24-3-1-11(2-4-24)15(25)23-8-10-6-21-7-10/h5,9-11,21H,1-4,6-8H2,(H,23,25). The van der Waals surface area contributed by atoms with E-state index in [2.05, 4.69) is 15.6 Å². The van der Waals surface area contributed by atoms with Crippen molar-refractivity contribution in [3.05, 3.63) is 22.8 Å². The minimum Gasteiger partial charge on any atom is -0.355 e. The molecule has 0 aliphatic carbocycles. The van der Waals surface area contributed by atoms with Crippen molar-refractivity contribution in [1.82, 2.24) is 15.6 Å². The Morgan fingerprint density at radius 2 is 2.04 bits per heavy atom. The van der Waals surface area contributed by atoms with E-state index in [0.717, 1.165) is 25.4 Å². The van der Waals surface area contributed by atoms with Crippen LogP contribution in [0.5, 0.6) is 0 Å². The molecule has 2 fully saturated rings. The first-order valence-electron chi connectivity index (χ1n) is 8.30. The summed E-state index contributed by atoms with van der Waals surface area (Å²) in [5.41, 5.74) is -0.860. The Kier molecular flexibility index (Phi) is 5.38. The number of alkyl halides is 3. The third-order valence-corrected chi connectivity index (χ3v) is 5.02. The lowest BCUT2D eigenvalue weighted by molar-refractivity contribution is -0.137. The van der Waals surface area contributed by atoms with Gasteiger partial charge in [0.15, 0.2) is 0 Å². The molecular formula is C16H20ClF3N4O.